The van der Waals surface area contributed by atoms with Crippen LogP contribution in [0.5, 0.6) is 0 Å². The fraction of sp³-hybridized carbons (Fsp3) is 0.429. The maximum absolute atomic E-state index is 5.72. The van der Waals surface area contributed by atoms with Crippen molar-refractivity contribution in [3.05, 3.63) is 12.2 Å². The summed E-state index contributed by atoms with van der Waals surface area (Å²) in [7, 11) is 1.63. The largest absolute Gasteiger partial charge is 0.358 e. The third kappa shape index (κ3) is 1.13. The second kappa shape index (κ2) is 2.88. The third-order valence-electron chi connectivity index (χ3n) is 1.76. The molecular formula is C7H8ClN3O. The first kappa shape index (κ1) is 7.76. The number of halogens is 1. The third-order valence-corrected chi connectivity index (χ3v) is 1.96. The number of amidine groups is 1. The zero-order chi connectivity index (χ0) is 8.55. The number of allylic oxidation sites excluding steroid dienone is 1. The molecule has 0 bridgehead atoms. The van der Waals surface area contributed by atoms with Gasteiger partial charge in [0.2, 0.25) is 0 Å². The van der Waals surface area contributed by atoms with E-state index in [0.29, 0.717) is 11.7 Å². The van der Waals surface area contributed by atoms with E-state index in [-0.39, 0.29) is 6.23 Å². The number of fused-ring (bicyclic) bond motifs is 1. The van der Waals surface area contributed by atoms with E-state index in [0.717, 1.165) is 5.84 Å². The minimum atomic E-state index is -0.0984. The highest BCUT2D eigenvalue weighted by Crippen LogP contribution is 2.16. The van der Waals surface area contributed by atoms with Crippen LogP contribution in [0.25, 0.3) is 0 Å². The summed E-state index contributed by atoms with van der Waals surface area (Å²) in [5.74, 6) is 0.811. The maximum Gasteiger partial charge on any atom is 0.171 e. The van der Waals surface area contributed by atoms with Crippen molar-refractivity contribution in [3.8, 4) is 0 Å². The summed E-state index contributed by atoms with van der Waals surface area (Å²) in [4.78, 5) is 4.21. The Bertz CT molecular complexity index is 284. The van der Waals surface area contributed by atoms with Crippen LogP contribution in [0.3, 0.4) is 0 Å². The first-order valence-corrected chi connectivity index (χ1v) is 3.98. The molecule has 0 radical (unpaired) electrons. The summed E-state index contributed by atoms with van der Waals surface area (Å²) in [6.07, 6.45) is 3.45. The molecule has 0 saturated carbocycles. The molecule has 0 N–H and O–H groups in total. The van der Waals surface area contributed by atoms with Gasteiger partial charge in [0.25, 0.3) is 0 Å². The molecule has 2 rings (SSSR count). The quantitative estimate of drug-likeness (QED) is 0.606. The molecule has 2 heterocycles. The fourth-order valence-corrected chi connectivity index (χ4v) is 1.31. The molecule has 0 amide bonds. The van der Waals surface area contributed by atoms with E-state index in [9.17, 15) is 0 Å². The highest BCUT2D eigenvalue weighted by atomic mass is 35.5. The van der Waals surface area contributed by atoms with Crippen LogP contribution < -0.4 is 0 Å². The molecule has 2 aliphatic rings. The molecule has 0 aromatic heterocycles. The molecule has 0 aromatic rings. The van der Waals surface area contributed by atoms with Gasteiger partial charge >= 0.3 is 0 Å². The van der Waals surface area contributed by atoms with Gasteiger partial charge < -0.3 is 4.74 Å². The number of nitrogens with zero attached hydrogens (tertiary/aromatic N) is 3. The maximum atomic E-state index is 5.72. The number of methoxy groups -OCH3 is 1. The smallest absolute Gasteiger partial charge is 0.171 e. The van der Waals surface area contributed by atoms with Crippen LogP contribution in [-0.2, 0) is 4.74 Å². The van der Waals surface area contributed by atoms with Gasteiger partial charge in [-0.2, -0.15) is 5.10 Å². The van der Waals surface area contributed by atoms with Crippen molar-refractivity contribution in [2.24, 2.45) is 10.1 Å². The van der Waals surface area contributed by atoms with Gasteiger partial charge in [0.1, 0.15) is 11.0 Å². The molecule has 0 aromatic carbocycles. The lowest BCUT2D eigenvalue weighted by Gasteiger charge is -2.21. The van der Waals surface area contributed by atoms with Gasteiger partial charge in [-0.1, -0.05) is 11.6 Å². The van der Waals surface area contributed by atoms with E-state index in [4.69, 9.17) is 16.3 Å². The number of hydrogen-bond acceptors (Lipinski definition) is 4. The van der Waals surface area contributed by atoms with E-state index < -0.39 is 0 Å². The van der Waals surface area contributed by atoms with E-state index in [1.165, 1.54) is 0 Å². The fourth-order valence-electron chi connectivity index (χ4n) is 1.17. The normalized spacial score (nSPS) is 26.8. The van der Waals surface area contributed by atoms with Gasteiger partial charge in [0.15, 0.2) is 6.23 Å². The molecule has 0 spiro atoms. The topological polar surface area (TPSA) is 37.2 Å². The molecule has 5 heteroatoms. The number of hydrazone groups is 1. The van der Waals surface area contributed by atoms with Crippen molar-refractivity contribution >= 4 is 22.6 Å². The minimum absolute atomic E-state index is 0.0984. The van der Waals surface area contributed by atoms with Gasteiger partial charge in [-0.25, -0.2) is 5.01 Å². The Morgan fingerprint density at radius 1 is 1.67 bits per heavy atom. The Balaban J connectivity index is 2.24. The summed E-state index contributed by atoms with van der Waals surface area (Å²) in [5.41, 5.74) is 0. The highest BCUT2D eigenvalue weighted by molar-refractivity contribution is 6.68. The molecule has 4 nitrogen and oxygen atoms in total. The minimum Gasteiger partial charge on any atom is -0.358 e. The number of ether oxygens (including phenoxy) is 1. The molecule has 0 aliphatic carbocycles. The summed E-state index contributed by atoms with van der Waals surface area (Å²) in [6.45, 7) is 0.615. The number of rotatable bonds is 1. The van der Waals surface area contributed by atoms with Gasteiger partial charge in [-0.15, -0.1) is 0 Å². The lowest BCUT2D eigenvalue weighted by molar-refractivity contribution is 0.0276. The van der Waals surface area contributed by atoms with Gasteiger partial charge in [-0.05, 0) is 12.2 Å². The van der Waals surface area contributed by atoms with Gasteiger partial charge in [0, 0.05) is 7.11 Å². The SMILES string of the molecule is CO[C@@H]1CN=C2C=CC(Cl)=NN21. The predicted molar refractivity (Wildman–Crippen MR) is 47.4 cm³/mol. The zero-order valence-electron chi connectivity index (χ0n) is 6.57. The summed E-state index contributed by atoms with van der Waals surface area (Å²) < 4.78 is 5.14. The molecule has 0 saturated heterocycles. The van der Waals surface area contributed by atoms with Crippen molar-refractivity contribution in [2.45, 2.75) is 6.23 Å². The Kier molecular flexibility index (Phi) is 1.86. The lowest BCUT2D eigenvalue weighted by atomic mass is 10.4. The molecule has 1 atom stereocenters. The van der Waals surface area contributed by atoms with Gasteiger partial charge in [0.05, 0.1) is 6.54 Å². The first-order chi connectivity index (χ1) is 5.81. The van der Waals surface area contributed by atoms with Crippen LogP contribution in [0, 0.1) is 0 Å². The van der Waals surface area contributed by atoms with Crippen molar-refractivity contribution in [1.29, 1.82) is 0 Å². The predicted octanol–water partition coefficient (Wildman–Crippen LogP) is 0.795. The van der Waals surface area contributed by atoms with Crippen LogP contribution in [0.1, 0.15) is 0 Å². The first-order valence-electron chi connectivity index (χ1n) is 3.60. The van der Waals surface area contributed by atoms with Crippen molar-refractivity contribution < 1.29 is 4.74 Å². The highest BCUT2D eigenvalue weighted by Gasteiger charge is 2.27. The molecule has 0 fully saturated rings. The van der Waals surface area contributed by atoms with Crippen molar-refractivity contribution in [3.63, 3.8) is 0 Å². The Morgan fingerprint density at radius 3 is 3.25 bits per heavy atom. The van der Waals surface area contributed by atoms with E-state index >= 15 is 0 Å². The molecule has 64 valence electrons. The van der Waals surface area contributed by atoms with E-state index in [1.807, 2.05) is 6.08 Å². The monoisotopic (exact) mass is 185 g/mol. The molecular weight excluding hydrogens is 178 g/mol. The van der Waals surface area contributed by atoms with Gasteiger partial charge in [-0.3, -0.25) is 4.99 Å². The summed E-state index contributed by atoms with van der Waals surface area (Å²) in [5, 5.41) is 6.21. The number of aliphatic imine (C=N–C) groups is 1. The number of hydrogen-bond donors (Lipinski definition) is 0. The Morgan fingerprint density at radius 2 is 2.50 bits per heavy atom. The Hall–Kier alpha value is -0.870. The summed E-state index contributed by atoms with van der Waals surface area (Å²) >= 11 is 5.72. The van der Waals surface area contributed by atoms with Crippen LogP contribution in [-0.4, -0.2) is 35.9 Å². The van der Waals surface area contributed by atoms with Crippen LogP contribution in [0.4, 0.5) is 0 Å². The van der Waals surface area contributed by atoms with E-state index in [1.54, 1.807) is 18.2 Å². The average molecular weight is 186 g/mol. The second-order valence-corrected chi connectivity index (χ2v) is 2.88. The Labute approximate surface area is 75.2 Å². The molecule has 2 aliphatic heterocycles. The molecule has 0 unspecified atom stereocenters. The zero-order valence-corrected chi connectivity index (χ0v) is 7.32. The average Bonchev–Trinajstić information content (AvgIpc) is 2.46. The second-order valence-electron chi connectivity index (χ2n) is 2.49. The molecule has 12 heavy (non-hydrogen) atoms. The van der Waals surface area contributed by atoms with Crippen LogP contribution >= 0.6 is 11.6 Å². The van der Waals surface area contributed by atoms with Crippen LogP contribution in [0.2, 0.25) is 0 Å². The van der Waals surface area contributed by atoms with Crippen molar-refractivity contribution in [1.82, 2.24) is 5.01 Å². The van der Waals surface area contributed by atoms with Crippen LogP contribution in [0.15, 0.2) is 22.2 Å². The standard InChI is InChI=1S/C7H8ClN3O/c1-12-7-4-9-6-3-2-5(8)10-11(6)7/h2-3,7H,4H2,1H3/t7-/m1/s1. The van der Waals surface area contributed by atoms with Crippen molar-refractivity contribution in [2.75, 3.05) is 13.7 Å². The lowest BCUT2D eigenvalue weighted by Crippen LogP contribution is -2.34. The summed E-state index contributed by atoms with van der Waals surface area (Å²) in [6, 6.07) is 0. The van der Waals surface area contributed by atoms with E-state index in [2.05, 4.69) is 10.1 Å².